The number of pyridine rings is 1. The standard InChI is InChI=1S/C22H22N2O2.2ClH/c25-21(19-9-8-17-5-1-2-6-18(17)15-19)16-24-13-10-20(11-14-24)26-22-7-3-4-12-23-22;;/h1-9,12,15,20H,10-11,13-14,16H2;2*1H. The van der Waals surface area contributed by atoms with E-state index in [2.05, 4.69) is 16.0 Å². The number of piperidine rings is 1. The summed E-state index contributed by atoms with van der Waals surface area (Å²) in [6.07, 6.45) is 3.76. The quantitative estimate of drug-likeness (QED) is 0.557. The van der Waals surface area contributed by atoms with Crippen LogP contribution in [-0.4, -0.2) is 41.4 Å². The molecule has 0 N–H and O–H groups in total. The molecule has 1 aliphatic heterocycles. The van der Waals surface area contributed by atoms with Crippen molar-refractivity contribution < 1.29 is 9.53 Å². The molecule has 0 unspecified atom stereocenters. The van der Waals surface area contributed by atoms with Crippen LogP contribution in [0.25, 0.3) is 10.8 Å². The lowest BCUT2D eigenvalue weighted by Gasteiger charge is -2.31. The molecule has 28 heavy (non-hydrogen) atoms. The van der Waals surface area contributed by atoms with Crippen molar-refractivity contribution >= 4 is 41.4 Å². The molecular formula is C22H24Cl2N2O2. The van der Waals surface area contributed by atoms with Crippen molar-refractivity contribution in [2.24, 2.45) is 0 Å². The number of carbonyl (C=O) groups excluding carboxylic acids is 1. The average Bonchev–Trinajstić information content (AvgIpc) is 2.70. The van der Waals surface area contributed by atoms with Crippen molar-refractivity contribution in [3.05, 3.63) is 72.4 Å². The summed E-state index contributed by atoms with van der Waals surface area (Å²) in [6.45, 7) is 2.21. The van der Waals surface area contributed by atoms with Gasteiger partial charge in [-0.25, -0.2) is 4.98 Å². The lowest BCUT2D eigenvalue weighted by atomic mass is 10.0. The third-order valence-electron chi connectivity index (χ3n) is 4.90. The van der Waals surface area contributed by atoms with Gasteiger partial charge in [0.05, 0.1) is 6.54 Å². The number of ether oxygens (including phenoxy) is 1. The summed E-state index contributed by atoms with van der Waals surface area (Å²) >= 11 is 0. The Kier molecular flexibility index (Phi) is 8.24. The number of nitrogens with zero attached hydrogens (tertiary/aromatic N) is 2. The smallest absolute Gasteiger partial charge is 0.213 e. The summed E-state index contributed by atoms with van der Waals surface area (Å²) in [5, 5.41) is 2.28. The Bertz CT molecular complexity index is 897. The van der Waals surface area contributed by atoms with E-state index < -0.39 is 0 Å². The number of Topliss-reactive ketones (excluding diaryl/α,β-unsaturated/α-hetero) is 1. The third-order valence-corrected chi connectivity index (χ3v) is 4.90. The number of likely N-dealkylation sites (tertiary alicyclic amines) is 1. The number of carbonyl (C=O) groups is 1. The van der Waals surface area contributed by atoms with Crippen molar-refractivity contribution in [1.82, 2.24) is 9.88 Å². The molecule has 6 heteroatoms. The van der Waals surface area contributed by atoms with E-state index >= 15 is 0 Å². The SMILES string of the molecule is Cl.Cl.O=C(CN1CCC(Oc2ccccn2)CC1)c1ccc2ccccc2c1. The van der Waals surface area contributed by atoms with Gasteiger partial charge in [0, 0.05) is 30.9 Å². The predicted molar refractivity (Wildman–Crippen MR) is 117 cm³/mol. The third kappa shape index (κ3) is 5.44. The second-order valence-corrected chi connectivity index (χ2v) is 6.75. The van der Waals surface area contributed by atoms with Crippen molar-refractivity contribution in [3.63, 3.8) is 0 Å². The van der Waals surface area contributed by atoms with E-state index in [0.29, 0.717) is 12.4 Å². The van der Waals surface area contributed by atoms with Crippen LogP contribution in [0.5, 0.6) is 5.88 Å². The second-order valence-electron chi connectivity index (χ2n) is 6.75. The zero-order valence-corrected chi connectivity index (χ0v) is 17.1. The summed E-state index contributed by atoms with van der Waals surface area (Å²) in [4.78, 5) is 19.1. The molecule has 0 atom stereocenters. The lowest BCUT2D eigenvalue weighted by Crippen LogP contribution is -2.40. The normalized spacial score (nSPS) is 14.7. The topological polar surface area (TPSA) is 42.4 Å². The number of fused-ring (bicyclic) bond motifs is 1. The Balaban J connectivity index is 0.00000140. The average molecular weight is 419 g/mol. The van der Waals surface area contributed by atoms with Gasteiger partial charge in [0.1, 0.15) is 6.10 Å². The highest BCUT2D eigenvalue weighted by atomic mass is 35.5. The zero-order valence-electron chi connectivity index (χ0n) is 15.5. The molecule has 1 aromatic heterocycles. The predicted octanol–water partition coefficient (Wildman–Crippen LogP) is 4.80. The molecule has 1 fully saturated rings. The fourth-order valence-corrected chi connectivity index (χ4v) is 3.43. The number of ketones is 1. The van der Waals surface area contributed by atoms with Gasteiger partial charge in [-0.1, -0.05) is 42.5 Å². The number of hydrogen-bond donors (Lipinski definition) is 0. The molecule has 0 amide bonds. The maximum absolute atomic E-state index is 12.6. The first-order valence-corrected chi connectivity index (χ1v) is 9.10. The van der Waals surface area contributed by atoms with Crippen LogP contribution in [0.2, 0.25) is 0 Å². The van der Waals surface area contributed by atoms with Gasteiger partial charge in [-0.15, -0.1) is 24.8 Å². The van der Waals surface area contributed by atoms with Crippen molar-refractivity contribution in [1.29, 1.82) is 0 Å². The maximum Gasteiger partial charge on any atom is 0.213 e. The van der Waals surface area contributed by atoms with Crippen LogP contribution in [0.15, 0.2) is 66.9 Å². The van der Waals surface area contributed by atoms with Crippen LogP contribution in [0.1, 0.15) is 23.2 Å². The minimum absolute atomic E-state index is 0. The number of halogens is 2. The van der Waals surface area contributed by atoms with Gasteiger partial charge in [0.15, 0.2) is 5.78 Å². The maximum atomic E-state index is 12.6. The zero-order chi connectivity index (χ0) is 17.8. The number of rotatable bonds is 5. The lowest BCUT2D eigenvalue weighted by molar-refractivity contribution is 0.0778. The fourth-order valence-electron chi connectivity index (χ4n) is 3.43. The van der Waals surface area contributed by atoms with Crippen LogP contribution in [0.3, 0.4) is 0 Å². The van der Waals surface area contributed by atoms with Gasteiger partial charge >= 0.3 is 0 Å². The van der Waals surface area contributed by atoms with Crippen LogP contribution >= 0.6 is 24.8 Å². The molecule has 0 spiro atoms. The van der Waals surface area contributed by atoms with Crippen molar-refractivity contribution in [3.8, 4) is 5.88 Å². The van der Waals surface area contributed by atoms with E-state index in [0.717, 1.165) is 42.3 Å². The van der Waals surface area contributed by atoms with E-state index in [9.17, 15) is 4.79 Å². The molecule has 1 aliphatic rings. The summed E-state index contributed by atoms with van der Waals surface area (Å²) in [5.74, 6) is 0.859. The Morgan fingerprint density at radius 3 is 2.39 bits per heavy atom. The Labute approximate surface area is 177 Å². The van der Waals surface area contributed by atoms with E-state index in [-0.39, 0.29) is 36.7 Å². The molecule has 0 saturated carbocycles. The van der Waals surface area contributed by atoms with Crippen LogP contribution in [0.4, 0.5) is 0 Å². The van der Waals surface area contributed by atoms with Crippen molar-refractivity contribution in [2.45, 2.75) is 18.9 Å². The van der Waals surface area contributed by atoms with E-state index in [1.54, 1.807) is 6.20 Å². The van der Waals surface area contributed by atoms with Crippen LogP contribution in [-0.2, 0) is 0 Å². The molecule has 1 saturated heterocycles. The highest BCUT2D eigenvalue weighted by Gasteiger charge is 2.22. The summed E-state index contributed by atoms with van der Waals surface area (Å²) in [7, 11) is 0. The Morgan fingerprint density at radius 1 is 0.964 bits per heavy atom. The molecule has 148 valence electrons. The fraction of sp³-hybridized carbons (Fsp3) is 0.273. The van der Waals surface area contributed by atoms with Gasteiger partial charge in [-0.2, -0.15) is 0 Å². The first-order chi connectivity index (χ1) is 12.8. The van der Waals surface area contributed by atoms with Gasteiger partial charge in [0.2, 0.25) is 5.88 Å². The molecule has 0 bridgehead atoms. The number of benzene rings is 2. The minimum Gasteiger partial charge on any atom is -0.474 e. The summed E-state index contributed by atoms with van der Waals surface area (Å²) < 4.78 is 5.92. The van der Waals surface area contributed by atoms with E-state index in [1.165, 1.54) is 0 Å². The van der Waals surface area contributed by atoms with Crippen LogP contribution < -0.4 is 4.74 Å². The highest BCUT2D eigenvalue weighted by molar-refractivity contribution is 6.01. The molecule has 0 radical (unpaired) electrons. The first kappa shape index (κ1) is 22.2. The van der Waals surface area contributed by atoms with Gasteiger partial charge < -0.3 is 4.74 Å². The molecule has 4 nitrogen and oxygen atoms in total. The van der Waals surface area contributed by atoms with Gasteiger partial charge in [0.25, 0.3) is 0 Å². The summed E-state index contributed by atoms with van der Waals surface area (Å²) in [6, 6.07) is 19.8. The Morgan fingerprint density at radius 2 is 1.68 bits per heavy atom. The van der Waals surface area contributed by atoms with E-state index in [4.69, 9.17) is 4.74 Å². The number of hydrogen-bond acceptors (Lipinski definition) is 4. The molecule has 2 heterocycles. The molecule has 0 aliphatic carbocycles. The first-order valence-electron chi connectivity index (χ1n) is 9.10. The number of aromatic nitrogens is 1. The summed E-state index contributed by atoms with van der Waals surface area (Å²) in [5.41, 5.74) is 0.788. The largest absolute Gasteiger partial charge is 0.474 e. The molecule has 3 aromatic rings. The van der Waals surface area contributed by atoms with Gasteiger partial charge in [-0.3, -0.25) is 9.69 Å². The Hall–Kier alpha value is -2.14. The van der Waals surface area contributed by atoms with Gasteiger partial charge in [-0.05, 0) is 35.7 Å². The van der Waals surface area contributed by atoms with Crippen molar-refractivity contribution in [2.75, 3.05) is 19.6 Å². The highest BCUT2D eigenvalue weighted by Crippen LogP contribution is 2.19. The van der Waals surface area contributed by atoms with Crippen LogP contribution in [0, 0.1) is 0 Å². The molecular weight excluding hydrogens is 395 g/mol. The molecule has 2 aromatic carbocycles. The minimum atomic E-state index is 0. The second kappa shape index (κ2) is 10.4. The molecule has 4 rings (SSSR count). The van der Waals surface area contributed by atoms with E-state index in [1.807, 2.05) is 54.6 Å². The monoisotopic (exact) mass is 418 g/mol.